The number of ether oxygens (including phenoxy) is 3. The van der Waals surface area contributed by atoms with Crippen molar-refractivity contribution in [3.8, 4) is 17.4 Å². The fourth-order valence-corrected chi connectivity index (χ4v) is 3.48. The van der Waals surface area contributed by atoms with Gasteiger partial charge < -0.3 is 19.5 Å². The highest BCUT2D eigenvalue weighted by Gasteiger charge is 2.30. The van der Waals surface area contributed by atoms with E-state index in [1.54, 1.807) is 56.0 Å². The molecule has 2 amide bonds. The summed E-state index contributed by atoms with van der Waals surface area (Å²) in [7, 11) is 1.77. The van der Waals surface area contributed by atoms with E-state index >= 15 is 0 Å². The van der Waals surface area contributed by atoms with Crippen LogP contribution in [0.4, 0.5) is 16.4 Å². The van der Waals surface area contributed by atoms with Crippen LogP contribution in [0.2, 0.25) is 0 Å². The first-order valence-electron chi connectivity index (χ1n) is 12.3. The molecule has 0 saturated heterocycles. The van der Waals surface area contributed by atoms with Crippen LogP contribution < -0.4 is 19.7 Å². The molecule has 0 atom stereocenters. The van der Waals surface area contributed by atoms with E-state index in [-0.39, 0.29) is 24.0 Å². The zero-order valence-electron chi connectivity index (χ0n) is 21.7. The van der Waals surface area contributed by atoms with Gasteiger partial charge in [0.2, 0.25) is 5.88 Å². The lowest BCUT2D eigenvalue weighted by Crippen LogP contribution is -2.35. The summed E-state index contributed by atoms with van der Waals surface area (Å²) in [6.07, 6.45) is 5.99. The molecule has 11 nitrogen and oxygen atoms in total. The summed E-state index contributed by atoms with van der Waals surface area (Å²) in [5.41, 5.74) is 0.329. The number of nitrogens with zero attached hydrogens (tertiary/aromatic N) is 5. The summed E-state index contributed by atoms with van der Waals surface area (Å²) in [5.74, 6) is 1.91. The third kappa shape index (κ3) is 7.42. The highest BCUT2D eigenvalue weighted by atomic mass is 16.6. The molecule has 2 heterocycles. The van der Waals surface area contributed by atoms with Crippen molar-refractivity contribution in [2.75, 3.05) is 16.8 Å². The molecule has 1 aromatic carbocycles. The number of anilines is 2. The molecule has 0 spiro atoms. The lowest BCUT2D eigenvalue weighted by Gasteiger charge is -2.22. The van der Waals surface area contributed by atoms with Gasteiger partial charge in [-0.2, -0.15) is 5.10 Å². The Balaban J connectivity index is 1.52. The maximum atomic E-state index is 12.9. The first-order chi connectivity index (χ1) is 17.7. The summed E-state index contributed by atoms with van der Waals surface area (Å²) in [4.78, 5) is 35.7. The van der Waals surface area contributed by atoms with Gasteiger partial charge in [0.15, 0.2) is 11.6 Å². The zero-order chi connectivity index (χ0) is 26.5. The van der Waals surface area contributed by atoms with E-state index in [2.05, 4.69) is 20.4 Å². The Morgan fingerprint density at radius 3 is 2.43 bits per heavy atom. The van der Waals surface area contributed by atoms with Crippen molar-refractivity contribution in [1.29, 1.82) is 0 Å². The number of benzene rings is 1. The molecule has 2 aromatic heterocycles. The molecule has 1 N–H and O–H groups in total. The topological polar surface area (TPSA) is 121 Å². The molecule has 0 bridgehead atoms. The third-order valence-electron chi connectivity index (χ3n) is 5.28. The largest absolute Gasteiger partial charge is 0.491 e. The van der Waals surface area contributed by atoms with Crippen molar-refractivity contribution in [3.05, 3.63) is 48.4 Å². The van der Waals surface area contributed by atoms with E-state index in [1.807, 2.05) is 13.8 Å². The van der Waals surface area contributed by atoms with Crippen LogP contribution in [0.1, 0.15) is 50.9 Å². The van der Waals surface area contributed by atoms with Gasteiger partial charge in [-0.15, -0.1) is 0 Å². The second kappa shape index (κ2) is 11.3. The summed E-state index contributed by atoms with van der Waals surface area (Å²) < 4.78 is 18.7. The number of aromatic nitrogens is 4. The van der Waals surface area contributed by atoms with E-state index in [0.29, 0.717) is 41.2 Å². The fourth-order valence-electron chi connectivity index (χ4n) is 3.48. The van der Waals surface area contributed by atoms with Crippen molar-refractivity contribution >= 4 is 23.6 Å². The second-order valence-electron chi connectivity index (χ2n) is 9.49. The molecule has 196 valence electrons. The molecule has 11 heteroatoms. The number of nitrogens with one attached hydrogen (secondary N) is 1. The van der Waals surface area contributed by atoms with Gasteiger partial charge in [-0.25, -0.2) is 14.8 Å². The van der Waals surface area contributed by atoms with Gasteiger partial charge in [0, 0.05) is 37.5 Å². The van der Waals surface area contributed by atoms with Crippen molar-refractivity contribution in [1.82, 2.24) is 19.7 Å². The van der Waals surface area contributed by atoms with Crippen molar-refractivity contribution in [2.45, 2.75) is 52.7 Å². The number of rotatable bonds is 10. The summed E-state index contributed by atoms with van der Waals surface area (Å²) >= 11 is 0. The van der Waals surface area contributed by atoms with Gasteiger partial charge in [-0.05, 0) is 58.6 Å². The van der Waals surface area contributed by atoms with Crippen LogP contribution in [0.3, 0.4) is 0 Å². The van der Waals surface area contributed by atoms with Crippen molar-refractivity contribution in [3.63, 3.8) is 0 Å². The summed E-state index contributed by atoms with van der Waals surface area (Å²) in [6.45, 7) is 7.92. The van der Waals surface area contributed by atoms with Gasteiger partial charge in [0.25, 0.3) is 5.91 Å². The lowest BCUT2D eigenvalue weighted by atomic mass is 10.2. The fraction of sp³-hybridized carbons (Fsp3) is 0.423. The SMILES string of the molecule is CC(C)OC(=O)N(CC1CC1)c1cnc(Oc2cc(OC(C)C)cc(C(=O)Nc3ccn(C)n3)c2)cn1. The number of amides is 2. The zero-order valence-corrected chi connectivity index (χ0v) is 21.7. The van der Waals surface area contributed by atoms with E-state index in [0.717, 1.165) is 12.8 Å². The molecule has 1 aliphatic rings. The van der Waals surface area contributed by atoms with Crippen molar-refractivity contribution in [2.24, 2.45) is 13.0 Å². The molecule has 37 heavy (non-hydrogen) atoms. The molecule has 0 aliphatic heterocycles. The molecule has 3 aromatic rings. The number of carbonyl (C=O) groups is 2. The predicted molar refractivity (Wildman–Crippen MR) is 137 cm³/mol. The molecular formula is C26H32N6O5. The van der Waals surface area contributed by atoms with E-state index in [1.165, 1.54) is 17.3 Å². The number of hydrogen-bond acceptors (Lipinski definition) is 8. The normalized spacial score (nSPS) is 12.9. The van der Waals surface area contributed by atoms with Gasteiger partial charge in [-0.3, -0.25) is 14.4 Å². The molecule has 0 unspecified atom stereocenters. The minimum Gasteiger partial charge on any atom is -0.491 e. The Hall–Kier alpha value is -4.15. The van der Waals surface area contributed by atoms with Crippen LogP contribution >= 0.6 is 0 Å². The minimum absolute atomic E-state index is 0.107. The van der Waals surface area contributed by atoms with Crippen LogP contribution in [0.15, 0.2) is 42.9 Å². The molecule has 1 fully saturated rings. The maximum absolute atomic E-state index is 12.9. The Labute approximate surface area is 215 Å². The van der Waals surface area contributed by atoms with E-state index in [4.69, 9.17) is 14.2 Å². The van der Waals surface area contributed by atoms with E-state index in [9.17, 15) is 9.59 Å². The quantitative estimate of drug-likeness (QED) is 0.414. The number of aryl methyl sites for hydroxylation is 1. The minimum atomic E-state index is -0.452. The van der Waals surface area contributed by atoms with E-state index < -0.39 is 6.09 Å². The van der Waals surface area contributed by atoms with Gasteiger partial charge in [0.05, 0.1) is 24.6 Å². The molecule has 4 rings (SSSR count). The molecule has 0 radical (unpaired) electrons. The lowest BCUT2D eigenvalue weighted by molar-refractivity contribution is 0.102. The average molecular weight is 509 g/mol. The monoisotopic (exact) mass is 508 g/mol. The Morgan fingerprint density at radius 1 is 1.08 bits per heavy atom. The van der Waals surface area contributed by atoms with Crippen LogP contribution in [0, 0.1) is 5.92 Å². The molecule has 1 saturated carbocycles. The van der Waals surface area contributed by atoms with Crippen LogP contribution in [-0.2, 0) is 11.8 Å². The molecular weight excluding hydrogens is 476 g/mol. The standard InChI is InChI=1S/C26H32N6O5/c1-16(2)35-20-10-19(25(33)29-22-8-9-31(5)30-22)11-21(12-20)37-24-14-27-23(13-28-24)32(15-18-6-7-18)26(34)36-17(3)4/h8-14,16-18H,6-7,15H2,1-5H3,(H,29,30,33). The van der Waals surface area contributed by atoms with Crippen molar-refractivity contribution < 1.29 is 23.8 Å². The second-order valence-corrected chi connectivity index (χ2v) is 9.49. The highest BCUT2D eigenvalue weighted by molar-refractivity contribution is 6.04. The van der Waals surface area contributed by atoms with Crippen LogP contribution in [0.5, 0.6) is 17.4 Å². The number of hydrogen-bond donors (Lipinski definition) is 1. The van der Waals surface area contributed by atoms with Crippen LogP contribution in [0.25, 0.3) is 0 Å². The van der Waals surface area contributed by atoms with Gasteiger partial charge in [0.1, 0.15) is 11.5 Å². The first kappa shape index (κ1) is 25.9. The smallest absolute Gasteiger partial charge is 0.415 e. The summed E-state index contributed by atoms with van der Waals surface area (Å²) in [5, 5.41) is 6.93. The Kier molecular flexibility index (Phi) is 7.90. The molecule has 1 aliphatic carbocycles. The average Bonchev–Trinajstić information content (AvgIpc) is 3.56. The predicted octanol–water partition coefficient (Wildman–Crippen LogP) is 4.80. The maximum Gasteiger partial charge on any atom is 0.415 e. The Morgan fingerprint density at radius 2 is 1.84 bits per heavy atom. The van der Waals surface area contributed by atoms with Crippen LogP contribution in [-0.4, -0.2) is 50.5 Å². The first-order valence-corrected chi connectivity index (χ1v) is 12.3. The summed E-state index contributed by atoms with van der Waals surface area (Å²) in [6, 6.07) is 6.59. The Bertz CT molecular complexity index is 1240. The number of carbonyl (C=O) groups excluding carboxylic acids is 2. The third-order valence-corrected chi connectivity index (χ3v) is 5.28. The van der Waals surface area contributed by atoms with Gasteiger partial charge >= 0.3 is 6.09 Å². The highest BCUT2D eigenvalue weighted by Crippen LogP contribution is 2.32. The van der Waals surface area contributed by atoms with Gasteiger partial charge in [-0.1, -0.05) is 0 Å².